The lowest BCUT2D eigenvalue weighted by Gasteiger charge is -2.04. The molecule has 0 saturated heterocycles. The smallest absolute Gasteiger partial charge is 0.248 e. The van der Waals surface area contributed by atoms with E-state index in [0.717, 1.165) is 27.0 Å². The fourth-order valence-corrected chi connectivity index (χ4v) is 2.65. The molecule has 0 unspecified atom stereocenters. The molecule has 0 saturated carbocycles. The summed E-state index contributed by atoms with van der Waals surface area (Å²) in [6.07, 6.45) is 3.09. The minimum atomic E-state index is -0.217. The Morgan fingerprint density at radius 1 is 1.12 bits per heavy atom. The third-order valence-corrected chi connectivity index (χ3v) is 4.72. The van der Waals surface area contributed by atoms with Crippen LogP contribution in [0.1, 0.15) is 11.3 Å². The number of benzene rings is 2. The summed E-state index contributed by atoms with van der Waals surface area (Å²) in [4.78, 5) is 12.0. The number of carbonyl (C=O) groups is 1. The maximum atomic E-state index is 12.0. The van der Waals surface area contributed by atoms with Crippen molar-refractivity contribution in [1.29, 1.82) is 0 Å². The van der Waals surface area contributed by atoms with Gasteiger partial charge in [0.15, 0.2) is 0 Å². The van der Waals surface area contributed by atoms with Gasteiger partial charge in [-0.3, -0.25) is 4.79 Å². The van der Waals surface area contributed by atoms with Crippen molar-refractivity contribution >= 4 is 45.2 Å². The quantitative estimate of drug-likeness (QED) is 0.505. The van der Waals surface area contributed by atoms with Crippen molar-refractivity contribution in [2.75, 3.05) is 5.32 Å². The van der Waals surface area contributed by atoms with Crippen molar-refractivity contribution in [2.24, 2.45) is 0 Å². The first-order chi connectivity index (χ1) is 12.0. The number of halogens is 2. The van der Waals surface area contributed by atoms with Gasteiger partial charge in [-0.15, -0.1) is 0 Å². The summed E-state index contributed by atoms with van der Waals surface area (Å²) in [5.74, 6) is 1.11. The first-order valence-electron chi connectivity index (χ1n) is 7.62. The van der Waals surface area contributed by atoms with E-state index in [2.05, 4.69) is 21.2 Å². The van der Waals surface area contributed by atoms with E-state index in [-0.39, 0.29) is 5.91 Å². The number of carbonyl (C=O) groups excluding carboxylic acids is 1. The van der Waals surface area contributed by atoms with Crippen molar-refractivity contribution < 1.29 is 9.21 Å². The average Bonchev–Trinajstić information content (AvgIpc) is 3.06. The molecule has 1 amide bonds. The van der Waals surface area contributed by atoms with E-state index in [1.807, 2.05) is 61.5 Å². The summed E-state index contributed by atoms with van der Waals surface area (Å²) in [5.41, 5.74) is 2.73. The van der Waals surface area contributed by atoms with Gasteiger partial charge in [-0.1, -0.05) is 27.5 Å². The molecular formula is C20H15BrClNO2. The van der Waals surface area contributed by atoms with Crippen molar-refractivity contribution in [2.45, 2.75) is 6.92 Å². The average molecular weight is 417 g/mol. The number of amides is 1. The highest BCUT2D eigenvalue weighted by Gasteiger charge is 2.04. The van der Waals surface area contributed by atoms with Gasteiger partial charge in [0.05, 0.1) is 0 Å². The highest BCUT2D eigenvalue weighted by Crippen LogP contribution is 2.24. The van der Waals surface area contributed by atoms with Crippen molar-refractivity contribution in [1.82, 2.24) is 0 Å². The lowest BCUT2D eigenvalue weighted by atomic mass is 10.2. The van der Waals surface area contributed by atoms with Crippen LogP contribution in [0.15, 0.2) is 69.6 Å². The van der Waals surface area contributed by atoms with Crippen LogP contribution in [0.25, 0.3) is 17.4 Å². The Balaban J connectivity index is 1.66. The molecule has 0 aliphatic carbocycles. The monoisotopic (exact) mass is 415 g/mol. The number of hydrogen-bond acceptors (Lipinski definition) is 2. The number of furan rings is 1. The summed E-state index contributed by atoms with van der Waals surface area (Å²) >= 11 is 9.32. The maximum absolute atomic E-state index is 12.0. The molecule has 5 heteroatoms. The third kappa shape index (κ3) is 4.62. The lowest BCUT2D eigenvalue weighted by Crippen LogP contribution is -2.07. The van der Waals surface area contributed by atoms with E-state index in [1.54, 1.807) is 6.08 Å². The molecule has 3 aromatic rings. The molecule has 1 aromatic heterocycles. The van der Waals surface area contributed by atoms with E-state index >= 15 is 0 Å². The summed E-state index contributed by atoms with van der Waals surface area (Å²) in [6, 6.07) is 16.7. The SMILES string of the molecule is Cc1cc(NC(=O)C=Cc2ccc(-c3ccc(Cl)cc3)o2)ccc1Br. The third-order valence-electron chi connectivity index (χ3n) is 3.58. The maximum Gasteiger partial charge on any atom is 0.248 e. The Morgan fingerprint density at radius 3 is 2.60 bits per heavy atom. The molecule has 0 atom stereocenters. The molecule has 3 rings (SSSR count). The topological polar surface area (TPSA) is 42.2 Å². The van der Waals surface area contributed by atoms with Crippen molar-refractivity contribution in [3.05, 3.63) is 81.5 Å². The Bertz CT molecular complexity index is 929. The van der Waals surface area contributed by atoms with E-state index < -0.39 is 0 Å². The molecule has 1 heterocycles. The number of hydrogen-bond donors (Lipinski definition) is 1. The van der Waals surface area contributed by atoms with Gasteiger partial charge >= 0.3 is 0 Å². The normalized spacial score (nSPS) is 11.0. The molecule has 0 spiro atoms. The molecule has 126 valence electrons. The Hall–Kier alpha value is -2.30. The van der Waals surface area contributed by atoms with Crippen LogP contribution in [0.2, 0.25) is 5.02 Å². The van der Waals surface area contributed by atoms with Crippen molar-refractivity contribution in [3.63, 3.8) is 0 Å². The Morgan fingerprint density at radius 2 is 1.88 bits per heavy atom. The Kier molecular flexibility index (Phi) is 5.41. The molecule has 3 nitrogen and oxygen atoms in total. The van der Waals surface area contributed by atoms with Gasteiger partial charge < -0.3 is 9.73 Å². The van der Waals surface area contributed by atoms with Crippen LogP contribution in [0.3, 0.4) is 0 Å². The highest BCUT2D eigenvalue weighted by atomic mass is 79.9. The zero-order valence-electron chi connectivity index (χ0n) is 13.4. The van der Waals surface area contributed by atoms with Gasteiger partial charge in [0.2, 0.25) is 5.91 Å². The summed E-state index contributed by atoms with van der Waals surface area (Å²) in [5, 5.41) is 3.50. The number of anilines is 1. The minimum absolute atomic E-state index is 0.217. The second-order valence-corrected chi connectivity index (χ2v) is 6.79. The molecule has 2 aromatic carbocycles. The largest absolute Gasteiger partial charge is 0.457 e. The van der Waals surface area contributed by atoms with E-state index in [9.17, 15) is 4.79 Å². The van der Waals surface area contributed by atoms with Gasteiger partial charge in [-0.25, -0.2) is 0 Å². The summed E-state index contributed by atoms with van der Waals surface area (Å²) in [6.45, 7) is 1.97. The van der Waals surface area contributed by atoms with E-state index in [4.69, 9.17) is 16.0 Å². The first kappa shape index (κ1) is 17.5. The van der Waals surface area contributed by atoms with E-state index in [0.29, 0.717) is 10.8 Å². The summed E-state index contributed by atoms with van der Waals surface area (Å²) < 4.78 is 6.73. The highest BCUT2D eigenvalue weighted by molar-refractivity contribution is 9.10. The van der Waals surface area contributed by atoms with Gasteiger partial charge in [0.25, 0.3) is 0 Å². The second-order valence-electron chi connectivity index (χ2n) is 5.50. The molecular weight excluding hydrogens is 402 g/mol. The number of nitrogens with one attached hydrogen (secondary N) is 1. The van der Waals surface area contributed by atoms with Gasteiger partial charge in [-0.2, -0.15) is 0 Å². The molecule has 0 radical (unpaired) electrons. The molecule has 25 heavy (non-hydrogen) atoms. The fourth-order valence-electron chi connectivity index (χ4n) is 2.28. The zero-order valence-corrected chi connectivity index (χ0v) is 15.8. The van der Waals surface area contributed by atoms with Crippen LogP contribution in [-0.2, 0) is 4.79 Å². The predicted octanol–water partition coefficient (Wildman–Crippen LogP) is 6.32. The van der Waals surface area contributed by atoms with Crippen LogP contribution in [0.5, 0.6) is 0 Å². The lowest BCUT2D eigenvalue weighted by molar-refractivity contribution is -0.111. The first-order valence-corrected chi connectivity index (χ1v) is 8.79. The number of rotatable bonds is 4. The van der Waals surface area contributed by atoms with Crippen LogP contribution in [-0.4, -0.2) is 5.91 Å². The second kappa shape index (κ2) is 7.72. The molecule has 0 aliphatic rings. The zero-order chi connectivity index (χ0) is 17.8. The molecule has 0 bridgehead atoms. The number of aryl methyl sites for hydroxylation is 1. The summed E-state index contributed by atoms with van der Waals surface area (Å²) in [7, 11) is 0. The molecule has 1 N–H and O–H groups in total. The molecule has 0 aliphatic heterocycles. The van der Waals surface area contributed by atoms with Gasteiger partial charge in [-0.05, 0) is 73.2 Å². The standard InChI is InChI=1S/C20H15BrClNO2/c1-13-12-16(6-9-18(13)21)23-20(24)11-8-17-7-10-19(25-17)14-2-4-15(22)5-3-14/h2-12H,1H3,(H,23,24). The molecule has 0 fully saturated rings. The minimum Gasteiger partial charge on any atom is -0.457 e. The van der Waals surface area contributed by atoms with Crippen molar-refractivity contribution in [3.8, 4) is 11.3 Å². The van der Waals surface area contributed by atoms with Gasteiger partial charge in [0.1, 0.15) is 11.5 Å². The van der Waals surface area contributed by atoms with Gasteiger partial charge in [0, 0.05) is 26.8 Å². The van der Waals surface area contributed by atoms with Crippen LogP contribution >= 0.6 is 27.5 Å². The van der Waals surface area contributed by atoms with Crippen LogP contribution in [0, 0.1) is 6.92 Å². The fraction of sp³-hybridized carbons (Fsp3) is 0.0500. The Labute approximate surface area is 159 Å². The van der Waals surface area contributed by atoms with Crippen LogP contribution < -0.4 is 5.32 Å². The predicted molar refractivity (Wildman–Crippen MR) is 106 cm³/mol. The van der Waals surface area contributed by atoms with E-state index in [1.165, 1.54) is 6.08 Å². The van der Waals surface area contributed by atoms with Crippen LogP contribution in [0.4, 0.5) is 5.69 Å².